The third kappa shape index (κ3) is 3.15. The zero-order chi connectivity index (χ0) is 10.3. The minimum atomic E-state index is 0.199. The maximum absolute atomic E-state index is 9.21. The summed E-state index contributed by atoms with van der Waals surface area (Å²) >= 11 is 0. The Morgan fingerprint density at radius 3 is 2.54 bits per heavy atom. The molecule has 0 aliphatic heterocycles. The van der Waals surface area contributed by atoms with E-state index in [1.165, 1.54) is 5.56 Å². The second kappa shape index (κ2) is 6.06. The maximum atomic E-state index is 9.21. The Balaban J connectivity index is 0.000000671. The fourth-order valence-electron chi connectivity index (χ4n) is 0.942. The second-order valence-electron chi connectivity index (χ2n) is 2.36. The van der Waals surface area contributed by atoms with E-state index in [2.05, 4.69) is 6.92 Å². The van der Waals surface area contributed by atoms with Crippen molar-refractivity contribution >= 4 is 6.79 Å². The van der Waals surface area contributed by atoms with Crippen LogP contribution in [0.25, 0.3) is 0 Å². The average Bonchev–Trinajstić information content (AvgIpc) is 2.22. The molecule has 0 spiro atoms. The van der Waals surface area contributed by atoms with Crippen molar-refractivity contribution in [2.75, 3.05) is 7.11 Å². The number of phenols is 1. The van der Waals surface area contributed by atoms with Gasteiger partial charge in [-0.3, -0.25) is 0 Å². The van der Waals surface area contributed by atoms with Crippen LogP contribution in [0.2, 0.25) is 0 Å². The lowest BCUT2D eigenvalue weighted by Crippen LogP contribution is -1.86. The Bertz CT molecular complexity index is 258. The van der Waals surface area contributed by atoms with Crippen molar-refractivity contribution in [1.29, 1.82) is 0 Å². The summed E-state index contributed by atoms with van der Waals surface area (Å²) in [6.07, 6.45) is 0.955. The Morgan fingerprint density at radius 2 is 2.08 bits per heavy atom. The standard InChI is InChI=1S/C9H12O2.CH2O/c1-3-7-4-5-8(10)9(6-7)11-2;1-2/h4-6,10H,3H2,1-2H3;1H2. The van der Waals surface area contributed by atoms with E-state index in [0.29, 0.717) is 5.75 Å². The SMILES string of the molecule is C=O.CCc1ccc(O)c(OC)c1. The summed E-state index contributed by atoms with van der Waals surface area (Å²) in [7, 11) is 1.55. The van der Waals surface area contributed by atoms with Gasteiger partial charge in [0.25, 0.3) is 0 Å². The molecule has 0 atom stereocenters. The molecule has 72 valence electrons. The highest BCUT2D eigenvalue weighted by molar-refractivity contribution is 5.41. The van der Waals surface area contributed by atoms with Crippen LogP contribution in [0.5, 0.6) is 11.5 Å². The third-order valence-corrected chi connectivity index (χ3v) is 1.65. The van der Waals surface area contributed by atoms with Crippen molar-refractivity contribution in [2.24, 2.45) is 0 Å². The quantitative estimate of drug-likeness (QED) is 0.758. The highest BCUT2D eigenvalue weighted by atomic mass is 16.5. The molecule has 1 aromatic rings. The molecule has 0 saturated heterocycles. The van der Waals surface area contributed by atoms with E-state index >= 15 is 0 Å². The molecule has 0 bridgehead atoms. The van der Waals surface area contributed by atoms with Crippen LogP contribution in [0.4, 0.5) is 0 Å². The van der Waals surface area contributed by atoms with Gasteiger partial charge < -0.3 is 14.6 Å². The molecule has 13 heavy (non-hydrogen) atoms. The van der Waals surface area contributed by atoms with Gasteiger partial charge in [0.2, 0.25) is 0 Å². The Labute approximate surface area is 78.0 Å². The predicted molar refractivity (Wildman–Crippen MR) is 51.2 cm³/mol. The van der Waals surface area contributed by atoms with Crippen LogP contribution in [0, 0.1) is 0 Å². The van der Waals surface area contributed by atoms with Crippen LogP contribution in [0.3, 0.4) is 0 Å². The first-order valence-electron chi connectivity index (χ1n) is 3.92. The van der Waals surface area contributed by atoms with Crippen LogP contribution in [0.1, 0.15) is 12.5 Å². The van der Waals surface area contributed by atoms with E-state index in [1.807, 2.05) is 18.9 Å². The number of methoxy groups -OCH3 is 1. The minimum Gasteiger partial charge on any atom is -0.504 e. The molecule has 1 aromatic carbocycles. The van der Waals surface area contributed by atoms with Crippen LogP contribution in [-0.2, 0) is 11.2 Å². The summed E-state index contributed by atoms with van der Waals surface area (Å²) in [6, 6.07) is 5.38. The number of hydrogen-bond acceptors (Lipinski definition) is 3. The molecule has 0 saturated carbocycles. The van der Waals surface area contributed by atoms with Gasteiger partial charge in [-0.1, -0.05) is 13.0 Å². The summed E-state index contributed by atoms with van der Waals surface area (Å²) in [5, 5.41) is 9.21. The third-order valence-electron chi connectivity index (χ3n) is 1.65. The van der Waals surface area contributed by atoms with Gasteiger partial charge in [-0.2, -0.15) is 0 Å². The fraction of sp³-hybridized carbons (Fsp3) is 0.300. The van der Waals surface area contributed by atoms with Crippen LogP contribution in [-0.4, -0.2) is 19.0 Å². The van der Waals surface area contributed by atoms with Crippen molar-refractivity contribution in [2.45, 2.75) is 13.3 Å². The summed E-state index contributed by atoms with van der Waals surface area (Å²) in [5.41, 5.74) is 1.17. The van der Waals surface area contributed by atoms with Crippen molar-refractivity contribution < 1.29 is 14.6 Å². The molecule has 0 aliphatic carbocycles. The zero-order valence-electron chi connectivity index (χ0n) is 7.91. The topological polar surface area (TPSA) is 46.5 Å². The molecule has 0 unspecified atom stereocenters. The lowest BCUT2D eigenvalue weighted by Gasteiger charge is -2.03. The summed E-state index contributed by atoms with van der Waals surface area (Å²) < 4.78 is 4.94. The number of rotatable bonds is 2. The number of aryl methyl sites for hydroxylation is 1. The summed E-state index contributed by atoms with van der Waals surface area (Å²) in [6.45, 7) is 4.06. The van der Waals surface area contributed by atoms with Gasteiger partial charge >= 0.3 is 0 Å². The number of ether oxygens (including phenoxy) is 1. The first-order chi connectivity index (χ1) is 6.27. The fourth-order valence-corrected chi connectivity index (χ4v) is 0.942. The van der Waals surface area contributed by atoms with E-state index in [-0.39, 0.29) is 5.75 Å². The Morgan fingerprint density at radius 1 is 1.46 bits per heavy atom. The maximum Gasteiger partial charge on any atom is 0.160 e. The number of carbonyl (C=O) groups excluding carboxylic acids is 1. The average molecular weight is 182 g/mol. The molecule has 0 fully saturated rings. The number of benzene rings is 1. The van der Waals surface area contributed by atoms with E-state index in [1.54, 1.807) is 13.2 Å². The molecule has 0 radical (unpaired) electrons. The monoisotopic (exact) mass is 182 g/mol. The van der Waals surface area contributed by atoms with Gasteiger partial charge in [0, 0.05) is 0 Å². The van der Waals surface area contributed by atoms with Gasteiger partial charge in [0.05, 0.1) is 7.11 Å². The second-order valence-corrected chi connectivity index (χ2v) is 2.36. The van der Waals surface area contributed by atoms with Crippen LogP contribution >= 0.6 is 0 Å². The van der Waals surface area contributed by atoms with Crippen LogP contribution in [0.15, 0.2) is 18.2 Å². The van der Waals surface area contributed by atoms with E-state index in [4.69, 9.17) is 9.53 Å². The predicted octanol–water partition coefficient (Wildman–Crippen LogP) is 1.78. The van der Waals surface area contributed by atoms with Crippen LogP contribution < -0.4 is 4.74 Å². The highest BCUT2D eigenvalue weighted by Crippen LogP contribution is 2.26. The van der Waals surface area contributed by atoms with Gasteiger partial charge in [0.15, 0.2) is 11.5 Å². The van der Waals surface area contributed by atoms with E-state index in [9.17, 15) is 5.11 Å². The minimum absolute atomic E-state index is 0.199. The molecule has 1 rings (SSSR count). The summed E-state index contributed by atoms with van der Waals surface area (Å²) in [5.74, 6) is 0.744. The van der Waals surface area contributed by atoms with Crippen molar-refractivity contribution in [1.82, 2.24) is 0 Å². The normalized spacial score (nSPS) is 8.46. The largest absolute Gasteiger partial charge is 0.504 e. The Hall–Kier alpha value is -1.51. The zero-order valence-corrected chi connectivity index (χ0v) is 7.91. The molecule has 0 amide bonds. The number of aromatic hydroxyl groups is 1. The first kappa shape index (κ1) is 11.5. The van der Waals surface area contributed by atoms with Gasteiger partial charge in [0.1, 0.15) is 6.79 Å². The van der Waals surface area contributed by atoms with Crippen molar-refractivity contribution in [3.8, 4) is 11.5 Å². The van der Waals surface area contributed by atoms with Gasteiger partial charge in [-0.25, -0.2) is 0 Å². The smallest absolute Gasteiger partial charge is 0.160 e. The number of carbonyl (C=O) groups is 1. The number of phenolic OH excluding ortho intramolecular Hbond substituents is 1. The Kier molecular flexibility index (Phi) is 5.35. The molecule has 1 N–H and O–H groups in total. The molecular formula is C10H14O3. The summed E-state index contributed by atoms with van der Waals surface area (Å²) in [4.78, 5) is 8.00. The molecule has 0 aromatic heterocycles. The molecule has 0 aliphatic rings. The van der Waals surface area contributed by atoms with Crippen molar-refractivity contribution in [3.63, 3.8) is 0 Å². The lowest BCUT2D eigenvalue weighted by atomic mass is 10.1. The molecular weight excluding hydrogens is 168 g/mol. The van der Waals surface area contributed by atoms with E-state index < -0.39 is 0 Å². The van der Waals surface area contributed by atoms with Crippen molar-refractivity contribution in [3.05, 3.63) is 23.8 Å². The van der Waals surface area contributed by atoms with Gasteiger partial charge in [-0.15, -0.1) is 0 Å². The molecule has 3 heteroatoms. The first-order valence-corrected chi connectivity index (χ1v) is 3.92. The molecule has 3 nitrogen and oxygen atoms in total. The highest BCUT2D eigenvalue weighted by Gasteiger charge is 1.99. The lowest BCUT2D eigenvalue weighted by molar-refractivity contribution is -0.0979. The molecule has 0 heterocycles. The number of hydrogen-bond donors (Lipinski definition) is 1. The van der Waals surface area contributed by atoms with Gasteiger partial charge in [-0.05, 0) is 24.1 Å². The van der Waals surface area contributed by atoms with E-state index in [0.717, 1.165) is 6.42 Å².